The fraction of sp³-hybridized carbons (Fsp3) is 0. The molecule has 0 aromatic carbocycles. The molecule has 66 valence electrons. The molecule has 4 heteroatoms. The molecule has 2 rings (SSSR count). The van der Waals surface area contributed by atoms with Gasteiger partial charge >= 0.3 is 8.05 Å². The van der Waals surface area contributed by atoms with E-state index >= 15 is 0 Å². The highest BCUT2D eigenvalue weighted by atomic mass is 16.4. The lowest BCUT2D eigenvalue weighted by molar-refractivity contribution is 0.617. The molecule has 2 radical (unpaired) electrons. The summed E-state index contributed by atoms with van der Waals surface area (Å²) in [6.45, 7) is 0. The van der Waals surface area contributed by atoms with E-state index in [1.165, 1.54) is 0 Å². The first-order valence-electron chi connectivity index (χ1n) is 4.14. The molecule has 0 aliphatic rings. The van der Waals surface area contributed by atoms with Gasteiger partial charge in [0.1, 0.15) is 5.75 Å². The Bertz CT molecular complexity index is 419. The Hall–Kier alpha value is -1.84. The molecule has 0 saturated heterocycles. The lowest BCUT2D eigenvalue weighted by Gasteiger charge is -2.06. The van der Waals surface area contributed by atoms with Gasteiger partial charge in [0.05, 0.1) is 11.3 Å². The Kier molecular flexibility index (Phi) is 2.45. The second-order valence-electron chi connectivity index (χ2n) is 2.70. The van der Waals surface area contributed by atoms with E-state index in [0.29, 0.717) is 5.75 Å². The molecule has 0 fully saturated rings. The molecule has 2 aromatic rings. The molecule has 14 heavy (non-hydrogen) atoms. The summed E-state index contributed by atoms with van der Waals surface area (Å²) in [5.74, 6) is 0.568. The van der Waals surface area contributed by atoms with Crippen molar-refractivity contribution in [2.45, 2.75) is 0 Å². The molecule has 0 bridgehead atoms. The van der Waals surface area contributed by atoms with Crippen LogP contribution in [0.1, 0.15) is 0 Å². The van der Waals surface area contributed by atoms with Crippen LogP contribution in [0.15, 0.2) is 42.9 Å². The zero-order valence-electron chi connectivity index (χ0n) is 7.42. The van der Waals surface area contributed by atoms with Gasteiger partial charge in [-0.05, 0) is 18.2 Å². The average Bonchev–Trinajstić information content (AvgIpc) is 2.30. The Morgan fingerprint density at radius 3 is 2.79 bits per heavy atom. The first-order valence-corrected chi connectivity index (χ1v) is 4.14. The summed E-state index contributed by atoms with van der Waals surface area (Å²) in [6.07, 6.45) is 5.00. The third-order valence-corrected chi connectivity index (χ3v) is 1.85. The molecule has 0 amide bonds. The monoisotopic (exact) mass is 182 g/mol. The van der Waals surface area contributed by atoms with Crippen molar-refractivity contribution in [2.24, 2.45) is 0 Å². The van der Waals surface area contributed by atoms with Crippen molar-refractivity contribution in [3.8, 4) is 17.0 Å². The number of pyridine rings is 2. The van der Waals surface area contributed by atoms with Crippen LogP contribution >= 0.6 is 0 Å². The van der Waals surface area contributed by atoms with Gasteiger partial charge in [0.25, 0.3) is 0 Å². The summed E-state index contributed by atoms with van der Waals surface area (Å²) in [7, 11) is 5.13. The van der Waals surface area contributed by atoms with Crippen LogP contribution in [0.4, 0.5) is 0 Å². The van der Waals surface area contributed by atoms with Crippen molar-refractivity contribution in [2.75, 3.05) is 0 Å². The summed E-state index contributed by atoms with van der Waals surface area (Å²) in [4.78, 5) is 8.18. The summed E-state index contributed by atoms with van der Waals surface area (Å²) in [6, 6.07) is 7.32. The van der Waals surface area contributed by atoms with Gasteiger partial charge in [-0.25, -0.2) is 0 Å². The summed E-state index contributed by atoms with van der Waals surface area (Å²) in [5.41, 5.74) is 1.58. The summed E-state index contributed by atoms with van der Waals surface area (Å²) < 4.78 is 4.72. The maximum Gasteiger partial charge on any atom is 0.374 e. The third-order valence-electron chi connectivity index (χ3n) is 1.85. The zero-order valence-corrected chi connectivity index (χ0v) is 7.42. The minimum absolute atomic E-state index is 0.568. The van der Waals surface area contributed by atoms with Gasteiger partial charge in [-0.2, -0.15) is 0 Å². The Morgan fingerprint density at radius 1 is 1.14 bits per heavy atom. The number of nitrogens with zero attached hydrogens (tertiary/aromatic N) is 2. The number of aromatic nitrogens is 2. The van der Waals surface area contributed by atoms with Gasteiger partial charge in [0.2, 0.25) is 0 Å². The Balaban J connectivity index is 2.51. The first kappa shape index (κ1) is 8.75. The highest BCUT2D eigenvalue weighted by Gasteiger charge is 2.04. The lowest BCUT2D eigenvalue weighted by Crippen LogP contribution is -1.91. The predicted molar refractivity (Wildman–Crippen MR) is 53.9 cm³/mol. The van der Waals surface area contributed by atoms with Gasteiger partial charge in [-0.15, -0.1) is 0 Å². The van der Waals surface area contributed by atoms with Crippen molar-refractivity contribution >= 4 is 8.05 Å². The van der Waals surface area contributed by atoms with E-state index in [4.69, 9.17) is 12.7 Å². The fourth-order valence-electron chi connectivity index (χ4n) is 1.20. The molecule has 0 N–H and O–H groups in total. The topological polar surface area (TPSA) is 35.0 Å². The molecular weight excluding hydrogens is 175 g/mol. The number of hydrogen-bond donors (Lipinski definition) is 0. The second kappa shape index (κ2) is 3.92. The second-order valence-corrected chi connectivity index (χ2v) is 2.70. The van der Waals surface area contributed by atoms with E-state index < -0.39 is 0 Å². The molecule has 3 nitrogen and oxygen atoms in total. The molecule has 2 aromatic heterocycles. The van der Waals surface area contributed by atoms with Crippen LogP contribution in [0, 0.1) is 0 Å². The van der Waals surface area contributed by atoms with E-state index in [1.54, 1.807) is 24.7 Å². The Morgan fingerprint density at radius 2 is 2.07 bits per heavy atom. The van der Waals surface area contributed by atoms with E-state index in [1.807, 2.05) is 18.2 Å². The summed E-state index contributed by atoms with van der Waals surface area (Å²) in [5, 5.41) is 0. The molecule has 0 saturated carbocycles. The highest BCUT2D eigenvalue weighted by Crippen LogP contribution is 2.25. The van der Waals surface area contributed by atoms with Gasteiger partial charge < -0.3 is 4.65 Å². The van der Waals surface area contributed by atoms with Crippen molar-refractivity contribution in [1.29, 1.82) is 0 Å². The van der Waals surface area contributed by atoms with Crippen molar-refractivity contribution in [1.82, 2.24) is 9.97 Å². The SMILES string of the molecule is [B]Oc1ccncc1-c1ccccn1. The van der Waals surface area contributed by atoms with Gasteiger partial charge in [-0.1, -0.05) is 6.07 Å². The molecule has 0 aliphatic carbocycles. The number of hydrogen-bond acceptors (Lipinski definition) is 3. The van der Waals surface area contributed by atoms with Crippen LogP contribution < -0.4 is 4.65 Å². The lowest BCUT2D eigenvalue weighted by atomic mass is 10.1. The number of rotatable bonds is 2. The molecule has 2 heterocycles. The standard InChI is InChI=1S/C10H7BN2O/c11-14-10-4-6-12-7-8(10)9-3-1-2-5-13-9/h1-7H. The Labute approximate surface area is 83.2 Å². The van der Waals surface area contributed by atoms with Crippen LogP contribution in [0.5, 0.6) is 5.75 Å². The molecule has 0 unspecified atom stereocenters. The molecular formula is C10H7BN2O. The van der Waals surface area contributed by atoms with Gasteiger partial charge in [0.15, 0.2) is 0 Å². The molecule has 0 atom stereocenters. The maximum absolute atomic E-state index is 5.13. The van der Waals surface area contributed by atoms with E-state index in [2.05, 4.69) is 9.97 Å². The first-order chi connectivity index (χ1) is 6.92. The van der Waals surface area contributed by atoms with Crippen molar-refractivity contribution in [3.05, 3.63) is 42.9 Å². The fourth-order valence-corrected chi connectivity index (χ4v) is 1.20. The average molecular weight is 182 g/mol. The van der Waals surface area contributed by atoms with E-state index in [0.717, 1.165) is 11.3 Å². The van der Waals surface area contributed by atoms with E-state index in [9.17, 15) is 0 Å². The van der Waals surface area contributed by atoms with Crippen LogP contribution in [0.2, 0.25) is 0 Å². The van der Waals surface area contributed by atoms with Crippen LogP contribution in [-0.2, 0) is 0 Å². The van der Waals surface area contributed by atoms with E-state index in [-0.39, 0.29) is 0 Å². The van der Waals surface area contributed by atoms with Crippen LogP contribution in [0.25, 0.3) is 11.3 Å². The minimum Gasteiger partial charge on any atom is -0.567 e. The van der Waals surface area contributed by atoms with Crippen molar-refractivity contribution < 1.29 is 4.65 Å². The van der Waals surface area contributed by atoms with Gasteiger partial charge in [-0.3, -0.25) is 9.97 Å². The maximum atomic E-state index is 5.13. The molecule has 0 aliphatic heterocycles. The quantitative estimate of drug-likeness (QED) is 0.661. The van der Waals surface area contributed by atoms with Crippen LogP contribution in [-0.4, -0.2) is 18.0 Å². The van der Waals surface area contributed by atoms with Gasteiger partial charge in [0, 0.05) is 18.6 Å². The zero-order chi connectivity index (χ0) is 9.80. The van der Waals surface area contributed by atoms with Crippen molar-refractivity contribution in [3.63, 3.8) is 0 Å². The highest BCUT2D eigenvalue weighted by molar-refractivity contribution is 6.00. The third kappa shape index (κ3) is 1.59. The largest absolute Gasteiger partial charge is 0.567 e. The molecule has 0 spiro atoms. The smallest absolute Gasteiger partial charge is 0.374 e. The predicted octanol–water partition coefficient (Wildman–Crippen LogP) is 1.61. The van der Waals surface area contributed by atoms with Crippen LogP contribution in [0.3, 0.4) is 0 Å². The summed E-state index contributed by atoms with van der Waals surface area (Å²) >= 11 is 0. The normalized spacial score (nSPS) is 9.71. The minimum atomic E-state index is 0.568.